The van der Waals surface area contributed by atoms with E-state index >= 15 is 0 Å². The van der Waals surface area contributed by atoms with Crippen molar-refractivity contribution in [3.8, 4) is 0 Å². The molecule has 1 amide bonds. The van der Waals surface area contributed by atoms with Crippen LogP contribution in [0.15, 0.2) is 0 Å². The van der Waals surface area contributed by atoms with Gasteiger partial charge in [-0.3, -0.25) is 4.79 Å². The molecule has 0 aliphatic rings. The molecule has 76 valence electrons. The largest absolute Gasteiger partial charge is 0.393 e. The van der Waals surface area contributed by atoms with E-state index in [0.29, 0.717) is 6.61 Å². The van der Waals surface area contributed by atoms with Crippen molar-refractivity contribution >= 4 is 23.1 Å². The fourth-order valence-corrected chi connectivity index (χ4v) is 0.982. The van der Waals surface area contributed by atoms with Crippen LogP contribution >= 0.6 is 12.2 Å². The number of ether oxygens (including phenoxy) is 1. The van der Waals surface area contributed by atoms with Gasteiger partial charge in [0.15, 0.2) is 0 Å². The van der Waals surface area contributed by atoms with Gasteiger partial charge in [0.25, 0.3) is 0 Å². The van der Waals surface area contributed by atoms with E-state index in [0.717, 1.165) is 6.42 Å². The summed E-state index contributed by atoms with van der Waals surface area (Å²) in [6, 6.07) is 0.0989. The molecule has 3 N–H and O–H groups in total. The standard InChI is InChI=1S/C8H16N2O2S/c1-6(3-4-12-2)10-8(11)5-7(9)13/h6H,3-5H2,1-2H3,(H2,9,13)(H,10,11). The lowest BCUT2D eigenvalue weighted by Gasteiger charge is -2.12. The third kappa shape index (κ3) is 7.67. The molecule has 0 aliphatic carbocycles. The molecule has 0 aromatic rings. The van der Waals surface area contributed by atoms with Gasteiger partial charge >= 0.3 is 0 Å². The molecule has 1 unspecified atom stereocenters. The third-order valence-corrected chi connectivity index (χ3v) is 1.64. The smallest absolute Gasteiger partial charge is 0.227 e. The lowest BCUT2D eigenvalue weighted by atomic mass is 10.2. The summed E-state index contributed by atoms with van der Waals surface area (Å²) in [5.41, 5.74) is 5.22. The fraction of sp³-hybridized carbons (Fsp3) is 0.750. The Morgan fingerprint density at radius 1 is 1.69 bits per heavy atom. The monoisotopic (exact) mass is 204 g/mol. The second-order valence-corrected chi connectivity index (χ2v) is 3.42. The van der Waals surface area contributed by atoms with Gasteiger partial charge in [-0.05, 0) is 13.3 Å². The first kappa shape index (κ1) is 12.3. The fourth-order valence-electron chi connectivity index (χ4n) is 0.851. The Morgan fingerprint density at radius 3 is 2.77 bits per heavy atom. The van der Waals surface area contributed by atoms with Crippen molar-refractivity contribution in [2.45, 2.75) is 25.8 Å². The molecule has 0 saturated heterocycles. The van der Waals surface area contributed by atoms with Crippen molar-refractivity contribution in [3.05, 3.63) is 0 Å². The van der Waals surface area contributed by atoms with E-state index in [4.69, 9.17) is 10.5 Å². The lowest BCUT2D eigenvalue weighted by molar-refractivity contribution is -0.120. The van der Waals surface area contributed by atoms with Crippen LogP contribution in [0.25, 0.3) is 0 Å². The number of hydrogen-bond acceptors (Lipinski definition) is 3. The number of methoxy groups -OCH3 is 1. The van der Waals surface area contributed by atoms with E-state index in [1.165, 1.54) is 0 Å². The Kier molecular flexibility index (Phi) is 6.44. The normalized spacial score (nSPS) is 12.2. The van der Waals surface area contributed by atoms with Crippen LogP contribution in [-0.2, 0) is 9.53 Å². The molecule has 0 aromatic carbocycles. The predicted octanol–water partition coefficient (Wildman–Crippen LogP) is 0.204. The number of nitrogens with two attached hydrogens (primary N) is 1. The van der Waals surface area contributed by atoms with Gasteiger partial charge in [0.1, 0.15) is 0 Å². The molecule has 0 saturated carbocycles. The second-order valence-electron chi connectivity index (χ2n) is 2.89. The van der Waals surface area contributed by atoms with Crippen molar-refractivity contribution in [3.63, 3.8) is 0 Å². The van der Waals surface area contributed by atoms with Crippen molar-refractivity contribution in [1.82, 2.24) is 5.32 Å². The Morgan fingerprint density at radius 2 is 2.31 bits per heavy atom. The minimum absolute atomic E-state index is 0.0989. The highest BCUT2D eigenvalue weighted by atomic mass is 32.1. The Labute approximate surface area is 83.8 Å². The zero-order valence-electron chi connectivity index (χ0n) is 8.00. The molecule has 0 spiro atoms. The van der Waals surface area contributed by atoms with Gasteiger partial charge in [0, 0.05) is 19.8 Å². The second kappa shape index (κ2) is 6.80. The number of nitrogens with one attached hydrogen (secondary N) is 1. The van der Waals surface area contributed by atoms with E-state index in [9.17, 15) is 4.79 Å². The van der Waals surface area contributed by atoms with Crippen LogP contribution in [0.2, 0.25) is 0 Å². The lowest BCUT2D eigenvalue weighted by Crippen LogP contribution is -2.35. The van der Waals surface area contributed by atoms with Gasteiger partial charge in [0.05, 0.1) is 11.4 Å². The van der Waals surface area contributed by atoms with E-state index in [1.54, 1.807) is 7.11 Å². The molecular weight excluding hydrogens is 188 g/mol. The first-order valence-electron chi connectivity index (χ1n) is 4.13. The number of carbonyl (C=O) groups is 1. The topological polar surface area (TPSA) is 64.3 Å². The molecule has 0 radical (unpaired) electrons. The van der Waals surface area contributed by atoms with Crippen LogP contribution in [-0.4, -0.2) is 30.7 Å². The van der Waals surface area contributed by atoms with Gasteiger partial charge in [-0.1, -0.05) is 12.2 Å². The van der Waals surface area contributed by atoms with Crippen LogP contribution < -0.4 is 11.1 Å². The molecular formula is C8H16N2O2S. The molecule has 0 heterocycles. The average molecular weight is 204 g/mol. The zero-order chi connectivity index (χ0) is 10.3. The Balaban J connectivity index is 3.59. The number of carbonyl (C=O) groups excluding carboxylic acids is 1. The molecule has 0 aromatic heterocycles. The summed E-state index contributed by atoms with van der Waals surface area (Å²) in [7, 11) is 1.63. The van der Waals surface area contributed by atoms with Crippen LogP contribution in [0.3, 0.4) is 0 Å². The number of thiocarbonyl (C=S) groups is 1. The third-order valence-electron chi connectivity index (χ3n) is 1.50. The maximum absolute atomic E-state index is 11.1. The summed E-state index contributed by atoms with van der Waals surface area (Å²) >= 11 is 4.60. The SMILES string of the molecule is COCCC(C)NC(=O)CC(N)=S. The quantitative estimate of drug-likeness (QED) is 0.607. The van der Waals surface area contributed by atoms with Crippen LogP contribution in [0.5, 0.6) is 0 Å². The Bertz CT molecular complexity index is 185. The first-order chi connectivity index (χ1) is 6.06. The van der Waals surface area contributed by atoms with Crippen molar-refractivity contribution in [2.24, 2.45) is 5.73 Å². The molecule has 13 heavy (non-hydrogen) atoms. The highest BCUT2D eigenvalue weighted by molar-refractivity contribution is 7.80. The summed E-state index contributed by atoms with van der Waals surface area (Å²) in [4.78, 5) is 11.3. The zero-order valence-corrected chi connectivity index (χ0v) is 8.82. The summed E-state index contributed by atoms with van der Waals surface area (Å²) in [5.74, 6) is -0.129. The summed E-state index contributed by atoms with van der Waals surface area (Å²) < 4.78 is 4.87. The van der Waals surface area contributed by atoms with E-state index in [1.807, 2.05) is 6.92 Å². The maximum Gasteiger partial charge on any atom is 0.227 e. The Hall–Kier alpha value is -0.680. The molecule has 4 nitrogen and oxygen atoms in total. The minimum Gasteiger partial charge on any atom is -0.393 e. The van der Waals surface area contributed by atoms with E-state index in [-0.39, 0.29) is 23.4 Å². The highest BCUT2D eigenvalue weighted by Crippen LogP contribution is 1.92. The highest BCUT2D eigenvalue weighted by Gasteiger charge is 2.07. The van der Waals surface area contributed by atoms with Crippen molar-refractivity contribution in [2.75, 3.05) is 13.7 Å². The van der Waals surface area contributed by atoms with Crippen LogP contribution in [0.4, 0.5) is 0 Å². The predicted molar refractivity (Wildman–Crippen MR) is 55.5 cm³/mol. The molecule has 0 aliphatic heterocycles. The molecule has 1 atom stereocenters. The number of amides is 1. The maximum atomic E-state index is 11.1. The van der Waals surface area contributed by atoms with Gasteiger partial charge in [0.2, 0.25) is 5.91 Å². The molecule has 0 rings (SSSR count). The first-order valence-corrected chi connectivity index (χ1v) is 4.53. The summed E-state index contributed by atoms with van der Waals surface area (Å²) in [6.45, 7) is 2.55. The number of rotatable bonds is 6. The van der Waals surface area contributed by atoms with Crippen molar-refractivity contribution < 1.29 is 9.53 Å². The average Bonchev–Trinajstić information content (AvgIpc) is 1.98. The van der Waals surface area contributed by atoms with Crippen LogP contribution in [0.1, 0.15) is 19.8 Å². The van der Waals surface area contributed by atoms with Gasteiger partial charge in [-0.25, -0.2) is 0 Å². The van der Waals surface area contributed by atoms with Gasteiger partial charge in [-0.2, -0.15) is 0 Å². The summed E-state index contributed by atoms with van der Waals surface area (Å²) in [5, 5.41) is 2.76. The number of hydrogen-bond donors (Lipinski definition) is 2. The molecule has 5 heteroatoms. The molecule has 0 bridgehead atoms. The van der Waals surface area contributed by atoms with Gasteiger partial charge in [-0.15, -0.1) is 0 Å². The van der Waals surface area contributed by atoms with E-state index in [2.05, 4.69) is 17.5 Å². The minimum atomic E-state index is -0.129. The van der Waals surface area contributed by atoms with Crippen molar-refractivity contribution in [1.29, 1.82) is 0 Å². The summed E-state index contributed by atoms with van der Waals surface area (Å²) in [6.07, 6.45) is 0.909. The van der Waals surface area contributed by atoms with E-state index < -0.39 is 0 Å². The van der Waals surface area contributed by atoms with Crippen LogP contribution in [0, 0.1) is 0 Å². The van der Waals surface area contributed by atoms with Gasteiger partial charge < -0.3 is 15.8 Å². The molecule has 0 fully saturated rings.